The lowest BCUT2D eigenvalue weighted by molar-refractivity contribution is -0.243. The Labute approximate surface area is 87.3 Å². The summed E-state index contributed by atoms with van der Waals surface area (Å²) in [6, 6.07) is 0. The number of hydrogen-bond acceptors (Lipinski definition) is 2. The molecule has 0 aromatic carbocycles. The van der Waals surface area contributed by atoms with Crippen LogP contribution in [0.4, 0.5) is 0 Å². The molecule has 2 nitrogen and oxygen atoms in total. The van der Waals surface area contributed by atoms with Crippen molar-refractivity contribution in [2.45, 2.75) is 64.6 Å². The summed E-state index contributed by atoms with van der Waals surface area (Å²) in [6.45, 7) is 4.08. The lowest BCUT2D eigenvalue weighted by atomic mass is 9.76. The van der Waals surface area contributed by atoms with Gasteiger partial charge in [-0.15, -0.1) is 0 Å². The predicted molar refractivity (Wildman–Crippen MR) is 57.8 cm³/mol. The molecule has 0 radical (unpaired) electrons. The zero-order valence-electron chi connectivity index (χ0n) is 9.50. The Balaban J connectivity index is 2.60. The summed E-state index contributed by atoms with van der Waals surface area (Å²) in [6.07, 6.45) is 7.28. The molecule has 1 aliphatic rings. The van der Waals surface area contributed by atoms with Crippen molar-refractivity contribution in [1.82, 2.24) is 0 Å². The molecule has 2 heteroatoms. The Morgan fingerprint density at radius 1 is 1.07 bits per heavy atom. The summed E-state index contributed by atoms with van der Waals surface area (Å²) in [7, 11) is 0. The van der Waals surface area contributed by atoms with E-state index in [1.54, 1.807) is 0 Å². The number of aliphatic hydroxyl groups is 2. The van der Waals surface area contributed by atoms with Crippen LogP contribution in [-0.4, -0.2) is 16.0 Å². The minimum atomic E-state index is -1.41. The number of hydrogen-bond donors (Lipinski definition) is 2. The standard InChI is InChI=1S/C12H24O2/c1-3-10(4-2)12(13,14)11-8-6-5-7-9-11/h10-11,13-14H,3-9H2,1-2H3. The fourth-order valence-corrected chi connectivity index (χ4v) is 2.75. The molecule has 1 fully saturated rings. The molecule has 1 aliphatic carbocycles. The van der Waals surface area contributed by atoms with Gasteiger partial charge in [-0.05, 0) is 25.7 Å². The maximum atomic E-state index is 10.2. The molecule has 2 N–H and O–H groups in total. The second-order valence-corrected chi connectivity index (χ2v) is 4.63. The van der Waals surface area contributed by atoms with Gasteiger partial charge in [0, 0.05) is 11.8 Å². The van der Waals surface area contributed by atoms with Gasteiger partial charge in [0.15, 0.2) is 5.79 Å². The third-order valence-electron chi connectivity index (χ3n) is 3.79. The maximum Gasteiger partial charge on any atom is 0.168 e. The fraction of sp³-hybridized carbons (Fsp3) is 1.00. The summed E-state index contributed by atoms with van der Waals surface area (Å²) >= 11 is 0. The SMILES string of the molecule is CCC(CC)C(O)(O)C1CCCCC1. The molecular formula is C12H24O2. The minimum Gasteiger partial charge on any atom is -0.365 e. The highest BCUT2D eigenvalue weighted by atomic mass is 16.5. The van der Waals surface area contributed by atoms with E-state index in [0.717, 1.165) is 38.5 Å². The van der Waals surface area contributed by atoms with E-state index in [9.17, 15) is 10.2 Å². The van der Waals surface area contributed by atoms with Crippen molar-refractivity contribution < 1.29 is 10.2 Å². The first kappa shape index (κ1) is 12.0. The Bertz CT molecular complexity index is 156. The molecule has 0 saturated heterocycles. The van der Waals surface area contributed by atoms with Gasteiger partial charge in [-0.1, -0.05) is 33.1 Å². The average Bonchev–Trinajstić information content (AvgIpc) is 2.20. The van der Waals surface area contributed by atoms with E-state index in [0.29, 0.717) is 0 Å². The van der Waals surface area contributed by atoms with Gasteiger partial charge in [0.05, 0.1) is 0 Å². The van der Waals surface area contributed by atoms with Crippen LogP contribution in [0, 0.1) is 11.8 Å². The Morgan fingerprint density at radius 3 is 2.00 bits per heavy atom. The van der Waals surface area contributed by atoms with Crippen LogP contribution in [0.3, 0.4) is 0 Å². The molecule has 0 aromatic rings. The molecule has 14 heavy (non-hydrogen) atoms. The van der Waals surface area contributed by atoms with Crippen molar-refractivity contribution in [3.8, 4) is 0 Å². The lowest BCUT2D eigenvalue weighted by Crippen LogP contribution is -2.45. The van der Waals surface area contributed by atoms with Crippen molar-refractivity contribution in [2.24, 2.45) is 11.8 Å². The van der Waals surface area contributed by atoms with Crippen molar-refractivity contribution in [3.63, 3.8) is 0 Å². The molecule has 1 saturated carbocycles. The van der Waals surface area contributed by atoms with Crippen LogP contribution in [-0.2, 0) is 0 Å². The molecule has 0 bridgehead atoms. The van der Waals surface area contributed by atoms with Gasteiger partial charge < -0.3 is 10.2 Å². The van der Waals surface area contributed by atoms with E-state index in [4.69, 9.17) is 0 Å². The van der Waals surface area contributed by atoms with E-state index < -0.39 is 5.79 Å². The van der Waals surface area contributed by atoms with Crippen molar-refractivity contribution >= 4 is 0 Å². The highest BCUT2D eigenvalue weighted by Crippen LogP contribution is 2.37. The van der Waals surface area contributed by atoms with Crippen LogP contribution < -0.4 is 0 Å². The monoisotopic (exact) mass is 200 g/mol. The predicted octanol–water partition coefficient (Wildman–Crippen LogP) is 2.68. The highest BCUT2D eigenvalue weighted by molar-refractivity contribution is 4.84. The van der Waals surface area contributed by atoms with E-state index in [2.05, 4.69) is 0 Å². The maximum absolute atomic E-state index is 10.2. The van der Waals surface area contributed by atoms with Crippen LogP contribution in [0.2, 0.25) is 0 Å². The first-order valence-electron chi connectivity index (χ1n) is 6.07. The molecule has 0 aromatic heterocycles. The van der Waals surface area contributed by atoms with Crippen LogP contribution in [0.1, 0.15) is 58.8 Å². The third-order valence-corrected chi connectivity index (χ3v) is 3.79. The van der Waals surface area contributed by atoms with Crippen LogP contribution in [0.15, 0.2) is 0 Å². The van der Waals surface area contributed by atoms with Gasteiger partial charge in [-0.25, -0.2) is 0 Å². The largest absolute Gasteiger partial charge is 0.365 e. The molecular weight excluding hydrogens is 176 g/mol. The number of rotatable bonds is 4. The first-order valence-corrected chi connectivity index (χ1v) is 6.07. The highest BCUT2D eigenvalue weighted by Gasteiger charge is 2.40. The molecule has 0 heterocycles. The van der Waals surface area contributed by atoms with Gasteiger partial charge in [0.25, 0.3) is 0 Å². The molecule has 0 unspecified atom stereocenters. The molecule has 0 atom stereocenters. The molecule has 0 aliphatic heterocycles. The summed E-state index contributed by atoms with van der Waals surface area (Å²) < 4.78 is 0. The fourth-order valence-electron chi connectivity index (χ4n) is 2.75. The van der Waals surface area contributed by atoms with E-state index >= 15 is 0 Å². The third kappa shape index (κ3) is 2.48. The van der Waals surface area contributed by atoms with Crippen molar-refractivity contribution in [1.29, 1.82) is 0 Å². The van der Waals surface area contributed by atoms with Gasteiger partial charge in [0.1, 0.15) is 0 Å². The van der Waals surface area contributed by atoms with Crippen molar-refractivity contribution in [2.75, 3.05) is 0 Å². The molecule has 84 valence electrons. The second-order valence-electron chi connectivity index (χ2n) is 4.63. The van der Waals surface area contributed by atoms with E-state index in [1.807, 2.05) is 13.8 Å². The summed E-state index contributed by atoms with van der Waals surface area (Å²) in [4.78, 5) is 0. The van der Waals surface area contributed by atoms with Crippen molar-refractivity contribution in [3.05, 3.63) is 0 Å². The Kier molecular flexibility index (Phi) is 4.39. The van der Waals surface area contributed by atoms with E-state index in [-0.39, 0.29) is 11.8 Å². The lowest BCUT2D eigenvalue weighted by Gasteiger charge is -2.39. The molecule has 0 spiro atoms. The Hall–Kier alpha value is -0.0800. The van der Waals surface area contributed by atoms with Crippen LogP contribution >= 0.6 is 0 Å². The van der Waals surface area contributed by atoms with Gasteiger partial charge >= 0.3 is 0 Å². The summed E-state index contributed by atoms with van der Waals surface area (Å²) in [5.41, 5.74) is 0. The quantitative estimate of drug-likeness (QED) is 0.685. The van der Waals surface area contributed by atoms with Gasteiger partial charge in [-0.2, -0.15) is 0 Å². The van der Waals surface area contributed by atoms with Crippen LogP contribution in [0.25, 0.3) is 0 Å². The smallest absolute Gasteiger partial charge is 0.168 e. The average molecular weight is 200 g/mol. The zero-order chi connectivity index (χ0) is 10.6. The van der Waals surface area contributed by atoms with Gasteiger partial charge in [-0.3, -0.25) is 0 Å². The molecule has 1 rings (SSSR count). The van der Waals surface area contributed by atoms with Crippen LogP contribution in [0.5, 0.6) is 0 Å². The second kappa shape index (κ2) is 5.13. The Morgan fingerprint density at radius 2 is 1.57 bits per heavy atom. The topological polar surface area (TPSA) is 40.5 Å². The first-order chi connectivity index (χ1) is 6.62. The normalized spacial score (nSPS) is 20.4. The summed E-state index contributed by atoms with van der Waals surface area (Å²) in [5.74, 6) is -1.25. The van der Waals surface area contributed by atoms with E-state index in [1.165, 1.54) is 6.42 Å². The summed E-state index contributed by atoms with van der Waals surface area (Å²) in [5, 5.41) is 20.3. The van der Waals surface area contributed by atoms with Gasteiger partial charge in [0.2, 0.25) is 0 Å². The zero-order valence-corrected chi connectivity index (χ0v) is 9.50. The molecule has 0 amide bonds. The minimum absolute atomic E-state index is 0.0469.